The quantitative estimate of drug-likeness (QED) is 0.902. The first-order valence-electron chi connectivity index (χ1n) is 5.58. The lowest BCUT2D eigenvalue weighted by molar-refractivity contribution is 0.675. The highest BCUT2D eigenvalue weighted by atomic mass is 35.5. The van der Waals surface area contributed by atoms with Gasteiger partial charge in [-0.15, -0.1) is 0 Å². The highest BCUT2D eigenvalue weighted by molar-refractivity contribution is 6.30. The zero-order valence-corrected chi connectivity index (χ0v) is 11.0. The Morgan fingerprint density at radius 2 is 2.12 bits per heavy atom. The minimum absolute atomic E-state index is 0.211. The van der Waals surface area contributed by atoms with E-state index in [2.05, 4.69) is 17.3 Å². The van der Waals surface area contributed by atoms with E-state index >= 15 is 0 Å². The molecule has 1 N–H and O–H groups in total. The Morgan fingerprint density at radius 3 is 2.71 bits per heavy atom. The third kappa shape index (κ3) is 2.61. The van der Waals surface area contributed by atoms with Crippen molar-refractivity contribution in [3.63, 3.8) is 0 Å². The largest absolute Gasteiger partial charge is 0.377 e. The van der Waals surface area contributed by atoms with Crippen molar-refractivity contribution in [2.24, 2.45) is 7.05 Å². The molecule has 1 aromatic heterocycles. The highest BCUT2D eigenvalue weighted by Crippen LogP contribution is 2.24. The summed E-state index contributed by atoms with van der Waals surface area (Å²) in [7, 11) is 1.95. The molecule has 0 aliphatic rings. The summed E-state index contributed by atoms with van der Waals surface area (Å²) in [5, 5.41) is 8.40. The molecule has 0 aliphatic carbocycles. The van der Waals surface area contributed by atoms with Crippen LogP contribution in [0.1, 0.15) is 24.2 Å². The second-order valence-corrected chi connectivity index (χ2v) is 4.64. The van der Waals surface area contributed by atoms with Gasteiger partial charge in [0.15, 0.2) is 0 Å². The highest BCUT2D eigenvalue weighted by Gasteiger charge is 2.10. The molecule has 1 heterocycles. The molecule has 0 saturated carbocycles. The summed E-state index contributed by atoms with van der Waals surface area (Å²) in [4.78, 5) is 0. The number of nitrogens with one attached hydrogen (secondary N) is 1. The van der Waals surface area contributed by atoms with Gasteiger partial charge in [0.05, 0.1) is 11.7 Å². The van der Waals surface area contributed by atoms with Crippen LogP contribution in [0.4, 0.5) is 5.69 Å². The minimum atomic E-state index is 0.211. The van der Waals surface area contributed by atoms with Gasteiger partial charge in [0.2, 0.25) is 0 Å². The lowest BCUT2D eigenvalue weighted by atomic mass is 10.1. The van der Waals surface area contributed by atoms with E-state index < -0.39 is 0 Å². The number of rotatable bonds is 3. The van der Waals surface area contributed by atoms with Crippen LogP contribution in [0.5, 0.6) is 0 Å². The molecule has 1 aromatic carbocycles. The van der Waals surface area contributed by atoms with Gasteiger partial charge in [-0.1, -0.05) is 11.6 Å². The van der Waals surface area contributed by atoms with Crippen LogP contribution in [-0.4, -0.2) is 9.78 Å². The predicted octanol–water partition coefficient (Wildman–Crippen LogP) is 3.56. The Bertz CT molecular complexity index is 519. The minimum Gasteiger partial charge on any atom is -0.377 e. The predicted molar refractivity (Wildman–Crippen MR) is 71.4 cm³/mol. The van der Waals surface area contributed by atoms with Gasteiger partial charge in [0.1, 0.15) is 0 Å². The summed E-state index contributed by atoms with van der Waals surface area (Å²) in [6.45, 7) is 4.16. The maximum Gasteiger partial charge on any atom is 0.0654 e. The van der Waals surface area contributed by atoms with Gasteiger partial charge in [-0.25, -0.2) is 0 Å². The molecule has 0 fully saturated rings. The first-order chi connectivity index (χ1) is 8.08. The fourth-order valence-electron chi connectivity index (χ4n) is 1.91. The number of aryl methyl sites for hydroxylation is 2. The summed E-state index contributed by atoms with van der Waals surface area (Å²) in [6, 6.07) is 8.09. The van der Waals surface area contributed by atoms with Crippen molar-refractivity contribution < 1.29 is 0 Å². The van der Waals surface area contributed by atoms with Crippen LogP contribution < -0.4 is 5.32 Å². The summed E-state index contributed by atoms with van der Waals surface area (Å²) < 4.78 is 1.88. The van der Waals surface area contributed by atoms with Gasteiger partial charge in [0.25, 0.3) is 0 Å². The Balaban J connectivity index is 2.19. The molecule has 2 rings (SSSR count). The van der Waals surface area contributed by atoms with Crippen LogP contribution in [0.2, 0.25) is 5.02 Å². The third-order valence-corrected chi connectivity index (χ3v) is 3.10. The number of hydrogen-bond acceptors (Lipinski definition) is 2. The van der Waals surface area contributed by atoms with E-state index in [1.54, 1.807) is 0 Å². The van der Waals surface area contributed by atoms with Crippen molar-refractivity contribution in [3.05, 3.63) is 46.7 Å². The molecular weight excluding hydrogens is 234 g/mol. The molecule has 1 unspecified atom stereocenters. The van der Waals surface area contributed by atoms with Crippen molar-refractivity contribution in [2.45, 2.75) is 19.9 Å². The van der Waals surface area contributed by atoms with Crippen LogP contribution in [0.3, 0.4) is 0 Å². The summed E-state index contributed by atoms with van der Waals surface area (Å²) in [5.41, 5.74) is 3.40. The third-order valence-electron chi connectivity index (χ3n) is 2.86. The van der Waals surface area contributed by atoms with E-state index in [0.29, 0.717) is 0 Å². The zero-order valence-electron chi connectivity index (χ0n) is 10.2. The second kappa shape index (κ2) is 4.80. The van der Waals surface area contributed by atoms with Crippen molar-refractivity contribution in [2.75, 3.05) is 5.32 Å². The molecule has 90 valence electrons. The van der Waals surface area contributed by atoms with E-state index in [0.717, 1.165) is 22.0 Å². The lowest BCUT2D eigenvalue weighted by Gasteiger charge is -2.17. The van der Waals surface area contributed by atoms with Crippen LogP contribution >= 0.6 is 11.6 Å². The fourth-order valence-corrected chi connectivity index (χ4v) is 2.13. The smallest absolute Gasteiger partial charge is 0.0654 e. The molecule has 0 radical (unpaired) electrons. The summed E-state index contributed by atoms with van der Waals surface area (Å²) in [6.07, 6.45) is 1.81. The van der Waals surface area contributed by atoms with Gasteiger partial charge in [0, 0.05) is 24.0 Å². The van der Waals surface area contributed by atoms with E-state index in [1.807, 2.05) is 49.1 Å². The first kappa shape index (κ1) is 12.0. The van der Waals surface area contributed by atoms with Gasteiger partial charge in [-0.3, -0.25) is 4.68 Å². The molecule has 1 atom stereocenters. The van der Waals surface area contributed by atoms with Crippen molar-refractivity contribution in [1.82, 2.24) is 9.78 Å². The number of hydrogen-bond donors (Lipinski definition) is 1. The van der Waals surface area contributed by atoms with E-state index in [9.17, 15) is 0 Å². The van der Waals surface area contributed by atoms with Crippen LogP contribution in [-0.2, 0) is 7.05 Å². The van der Waals surface area contributed by atoms with Crippen molar-refractivity contribution in [3.8, 4) is 0 Å². The Hall–Kier alpha value is -1.48. The molecule has 3 nitrogen and oxygen atoms in total. The van der Waals surface area contributed by atoms with Gasteiger partial charge in [-0.2, -0.15) is 5.10 Å². The Morgan fingerprint density at radius 1 is 1.35 bits per heavy atom. The molecule has 0 amide bonds. The second-order valence-electron chi connectivity index (χ2n) is 4.20. The zero-order chi connectivity index (χ0) is 12.4. The summed E-state index contributed by atoms with van der Waals surface area (Å²) >= 11 is 5.94. The van der Waals surface area contributed by atoms with E-state index in [4.69, 9.17) is 11.6 Å². The van der Waals surface area contributed by atoms with E-state index in [-0.39, 0.29) is 6.04 Å². The molecular formula is C13H16ClN3. The molecule has 0 aliphatic heterocycles. The molecule has 4 heteroatoms. The topological polar surface area (TPSA) is 29.9 Å². The fraction of sp³-hybridized carbons (Fsp3) is 0.308. The number of aromatic nitrogens is 2. The van der Waals surface area contributed by atoms with Gasteiger partial charge >= 0.3 is 0 Å². The number of benzene rings is 1. The Labute approximate surface area is 106 Å². The monoisotopic (exact) mass is 249 g/mol. The van der Waals surface area contributed by atoms with Crippen LogP contribution in [0.25, 0.3) is 0 Å². The average Bonchev–Trinajstić information content (AvgIpc) is 2.68. The number of anilines is 1. The average molecular weight is 250 g/mol. The SMILES string of the molecule is Cc1cc(Cl)ccc1NC(C)c1ccnn1C. The van der Waals surface area contributed by atoms with Crippen LogP contribution in [0.15, 0.2) is 30.5 Å². The maximum absolute atomic E-state index is 5.94. The molecule has 0 saturated heterocycles. The Kier molecular flexibility index (Phi) is 3.38. The molecule has 0 spiro atoms. The first-order valence-corrected chi connectivity index (χ1v) is 5.96. The van der Waals surface area contributed by atoms with Crippen molar-refractivity contribution >= 4 is 17.3 Å². The van der Waals surface area contributed by atoms with Gasteiger partial charge < -0.3 is 5.32 Å². The molecule has 17 heavy (non-hydrogen) atoms. The van der Waals surface area contributed by atoms with Crippen molar-refractivity contribution in [1.29, 1.82) is 0 Å². The molecule has 0 bridgehead atoms. The number of halogens is 1. The standard InChI is InChI=1S/C13H16ClN3/c1-9-8-11(14)4-5-12(9)16-10(2)13-6-7-15-17(13)3/h4-8,10,16H,1-3H3. The summed E-state index contributed by atoms with van der Waals surface area (Å²) in [5.74, 6) is 0. The van der Waals surface area contributed by atoms with E-state index in [1.165, 1.54) is 0 Å². The lowest BCUT2D eigenvalue weighted by Crippen LogP contribution is -2.11. The normalized spacial score (nSPS) is 12.5. The maximum atomic E-state index is 5.94. The number of nitrogens with zero attached hydrogens (tertiary/aromatic N) is 2. The van der Waals surface area contributed by atoms with Crippen LogP contribution in [0, 0.1) is 6.92 Å². The van der Waals surface area contributed by atoms with Gasteiger partial charge in [-0.05, 0) is 43.7 Å². The molecule has 2 aromatic rings.